The summed E-state index contributed by atoms with van der Waals surface area (Å²) < 4.78 is 0.897. The number of hydrogen-bond donors (Lipinski definition) is 2. The normalized spacial score (nSPS) is 15.8. The van der Waals surface area contributed by atoms with E-state index >= 15 is 0 Å². The van der Waals surface area contributed by atoms with Crippen LogP contribution in [-0.4, -0.2) is 16.9 Å². The van der Waals surface area contributed by atoms with Crippen LogP contribution in [0.4, 0.5) is 0 Å². The average molecular weight is 333 g/mol. The number of benzene rings is 1. The predicted octanol–water partition coefficient (Wildman–Crippen LogP) is 3.53. The van der Waals surface area contributed by atoms with Gasteiger partial charge < -0.3 is 10.3 Å². The van der Waals surface area contributed by atoms with Gasteiger partial charge in [0.1, 0.15) is 5.69 Å². The standard InChI is InChI=1S/C16H17BrN2O/c17-13-9-15(18-10-13)16(20)19-14(12-6-7-12)8-11-4-2-1-3-5-11/h1-5,9-10,12,14,18H,6-8H2,(H,19,20)/t14-/m0/s1. The Bertz CT molecular complexity index is 590. The van der Waals surface area contributed by atoms with E-state index in [0.29, 0.717) is 11.6 Å². The first-order valence-electron chi connectivity index (χ1n) is 6.91. The Morgan fingerprint density at radius 1 is 1.35 bits per heavy atom. The van der Waals surface area contributed by atoms with Crippen molar-refractivity contribution in [1.82, 2.24) is 10.3 Å². The lowest BCUT2D eigenvalue weighted by molar-refractivity contribution is 0.0927. The Morgan fingerprint density at radius 3 is 2.70 bits per heavy atom. The average Bonchev–Trinajstić information content (AvgIpc) is 3.21. The summed E-state index contributed by atoms with van der Waals surface area (Å²) in [7, 11) is 0. The molecule has 1 heterocycles. The van der Waals surface area contributed by atoms with Crippen molar-refractivity contribution >= 4 is 21.8 Å². The van der Waals surface area contributed by atoms with Crippen molar-refractivity contribution in [2.45, 2.75) is 25.3 Å². The highest BCUT2D eigenvalue weighted by Gasteiger charge is 2.32. The van der Waals surface area contributed by atoms with Crippen LogP contribution >= 0.6 is 15.9 Å². The summed E-state index contributed by atoms with van der Waals surface area (Å²) in [4.78, 5) is 15.2. The highest BCUT2D eigenvalue weighted by atomic mass is 79.9. The molecule has 1 aromatic carbocycles. The summed E-state index contributed by atoms with van der Waals surface area (Å²) in [6.45, 7) is 0. The molecule has 0 aliphatic heterocycles. The number of H-pyrrole nitrogens is 1. The SMILES string of the molecule is O=C(N[C@@H](Cc1ccccc1)C1CC1)c1cc(Br)c[nH]1. The van der Waals surface area contributed by atoms with Crippen LogP contribution in [0.1, 0.15) is 28.9 Å². The number of rotatable bonds is 5. The molecule has 1 aliphatic carbocycles. The molecule has 3 nitrogen and oxygen atoms in total. The zero-order valence-electron chi connectivity index (χ0n) is 11.1. The number of hydrogen-bond acceptors (Lipinski definition) is 1. The van der Waals surface area contributed by atoms with Crippen molar-refractivity contribution in [3.8, 4) is 0 Å². The van der Waals surface area contributed by atoms with Crippen LogP contribution < -0.4 is 5.32 Å². The van der Waals surface area contributed by atoms with Crippen LogP contribution in [0.25, 0.3) is 0 Å². The van der Waals surface area contributed by atoms with Crippen LogP contribution in [0.3, 0.4) is 0 Å². The van der Waals surface area contributed by atoms with E-state index in [-0.39, 0.29) is 11.9 Å². The van der Waals surface area contributed by atoms with Crippen molar-refractivity contribution in [3.05, 3.63) is 58.3 Å². The lowest BCUT2D eigenvalue weighted by Gasteiger charge is -2.18. The fraction of sp³-hybridized carbons (Fsp3) is 0.312. The molecule has 0 bridgehead atoms. The van der Waals surface area contributed by atoms with Crippen molar-refractivity contribution < 1.29 is 4.79 Å². The summed E-state index contributed by atoms with van der Waals surface area (Å²) in [6.07, 6.45) is 5.11. The van der Waals surface area contributed by atoms with Crippen LogP contribution in [0, 0.1) is 5.92 Å². The second-order valence-corrected chi connectivity index (χ2v) is 6.25. The van der Waals surface area contributed by atoms with Gasteiger partial charge in [0.25, 0.3) is 5.91 Å². The van der Waals surface area contributed by atoms with Gasteiger partial charge in [0.15, 0.2) is 0 Å². The molecular formula is C16H17BrN2O. The smallest absolute Gasteiger partial charge is 0.267 e. The van der Waals surface area contributed by atoms with Gasteiger partial charge in [-0.05, 0) is 52.7 Å². The molecule has 0 unspecified atom stereocenters. The highest BCUT2D eigenvalue weighted by molar-refractivity contribution is 9.10. The third-order valence-corrected chi connectivity index (χ3v) is 4.16. The molecule has 2 N–H and O–H groups in total. The molecule has 1 atom stereocenters. The molecule has 0 spiro atoms. The Kier molecular flexibility index (Phi) is 3.92. The Labute approximate surface area is 126 Å². The number of amides is 1. The summed E-state index contributed by atoms with van der Waals surface area (Å²) in [6, 6.07) is 12.4. The quantitative estimate of drug-likeness (QED) is 0.864. The van der Waals surface area contributed by atoms with Gasteiger partial charge in [-0.15, -0.1) is 0 Å². The first-order chi connectivity index (χ1) is 9.72. The number of aromatic nitrogens is 1. The number of nitrogens with one attached hydrogen (secondary N) is 2. The number of carbonyl (C=O) groups excluding carboxylic acids is 1. The van der Waals surface area contributed by atoms with Crippen LogP contribution in [0.2, 0.25) is 0 Å². The Hall–Kier alpha value is -1.55. The van der Waals surface area contributed by atoms with Crippen LogP contribution in [-0.2, 0) is 6.42 Å². The van der Waals surface area contributed by atoms with Crippen LogP contribution in [0.5, 0.6) is 0 Å². The van der Waals surface area contributed by atoms with E-state index in [0.717, 1.165) is 10.9 Å². The van der Waals surface area contributed by atoms with E-state index < -0.39 is 0 Å². The van der Waals surface area contributed by atoms with Gasteiger partial charge in [0, 0.05) is 16.7 Å². The molecule has 20 heavy (non-hydrogen) atoms. The van der Waals surface area contributed by atoms with E-state index in [1.165, 1.54) is 18.4 Å². The zero-order chi connectivity index (χ0) is 13.9. The monoisotopic (exact) mass is 332 g/mol. The maximum atomic E-state index is 12.2. The molecule has 0 radical (unpaired) electrons. The van der Waals surface area contributed by atoms with E-state index in [1.54, 1.807) is 6.20 Å². The van der Waals surface area contributed by atoms with Gasteiger partial charge in [-0.3, -0.25) is 4.79 Å². The summed E-state index contributed by atoms with van der Waals surface area (Å²) >= 11 is 3.35. The second kappa shape index (κ2) is 5.83. The third kappa shape index (κ3) is 3.31. The fourth-order valence-electron chi connectivity index (χ4n) is 2.45. The molecule has 1 amide bonds. The van der Waals surface area contributed by atoms with Gasteiger partial charge >= 0.3 is 0 Å². The van der Waals surface area contributed by atoms with Crippen molar-refractivity contribution in [1.29, 1.82) is 0 Å². The van der Waals surface area contributed by atoms with Crippen LogP contribution in [0.15, 0.2) is 47.1 Å². The second-order valence-electron chi connectivity index (χ2n) is 5.34. The highest BCUT2D eigenvalue weighted by Crippen LogP contribution is 2.34. The van der Waals surface area contributed by atoms with Gasteiger partial charge in [-0.1, -0.05) is 30.3 Å². The minimum Gasteiger partial charge on any atom is -0.356 e. The number of carbonyl (C=O) groups is 1. The van der Waals surface area contributed by atoms with E-state index in [9.17, 15) is 4.79 Å². The largest absolute Gasteiger partial charge is 0.356 e. The molecule has 1 fully saturated rings. The molecule has 2 aromatic rings. The minimum absolute atomic E-state index is 0.0245. The fourth-order valence-corrected chi connectivity index (χ4v) is 2.79. The molecule has 4 heteroatoms. The lowest BCUT2D eigenvalue weighted by atomic mass is 10.0. The van der Waals surface area contributed by atoms with Gasteiger partial charge in [0.2, 0.25) is 0 Å². The summed E-state index contributed by atoms with van der Waals surface area (Å²) in [5.74, 6) is 0.598. The number of aromatic amines is 1. The molecular weight excluding hydrogens is 316 g/mol. The van der Waals surface area contributed by atoms with Gasteiger partial charge in [-0.2, -0.15) is 0 Å². The summed E-state index contributed by atoms with van der Waals surface area (Å²) in [5.41, 5.74) is 1.88. The van der Waals surface area contributed by atoms with Gasteiger partial charge in [0.05, 0.1) is 0 Å². The first-order valence-corrected chi connectivity index (χ1v) is 7.70. The third-order valence-electron chi connectivity index (χ3n) is 3.70. The van der Waals surface area contributed by atoms with Gasteiger partial charge in [-0.25, -0.2) is 0 Å². The van der Waals surface area contributed by atoms with Crippen molar-refractivity contribution in [2.24, 2.45) is 5.92 Å². The zero-order valence-corrected chi connectivity index (χ0v) is 12.7. The van der Waals surface area contributed by atoms with Crippen molar-refractivity contribution in [2.75, 3.05) is 0 Å². The first kappa shape index (κ1) is 13.4. The molecule has 3 rings (SSSR count). The topological polar surface area (TPSA) is 44.9 Å². The van der Waals surface area contributed by atoms with E-state index in [2.05, 4.69) is 38.4 Å². The molecule has 1 aromatic heterocycles. The summed E-state index contributed by atoms with van der Waals surface area (Å²) in [5, 5.41) is 3.17. The molecule has 1 saturated carbocycles. The van der Waals surface area contributed by atoms with Crippen molar-refractivity contribution in [3.63, 3.8) is 0 Å². The molecule has 104 valence electrons. The lowest BCUT2D eigenvalue weighted by Crippen LogP contribution is -2.38. The Morgan fingerprint density at radius 2 is 2.10 bits per heavy atom. The molecule has 0 saturated heterocycles. The van der Waals surface area contributed by atoms with E-state index in [4.69, 9.17) is 0 Å². The maximum Gasteiger partial charge on any atom is 0.267 e. The number of halogens is 1. The maximum absolute atomic E-state index is 12.2. The predicted molar refractivity (Wildman–Crippen MR) is 82.6 cm³/mol. The van der Waals surface area contributed by atoms with E-state index in [1.807, 2.05) is 24.3 Å². The molecule has 1 aliphatic rings. The minimum atomic E-state index is -0.0245. The Balaban J connectivity index is 1.67.